The summed E-state index contributed by atoms with van der Waals surface area (Å²) in [6, 6.07) is 1.86. The van der Waals surface area contributed by atoms with Crippen LogP contribution in [0.5, 0.6) is 0 Å². The van der Waals surface area contributed by atoms with Crippen LogP contribution in [-0.4, -0.2) is 34.8 Å². The van der Waals surface area contributed by atoms with E-state index in [2.05, 4.69) is 10.3 Å². The van der Waals surface area contributed by atoms with Crippen molar-refractivity contribution in [2.75, 3.05) is 11.9 Å². The highest BCUT2D eigenvalue weighted by atomic mass is 35.5. The van der Waals surface area contributed by atoms with Crippen molar-refractivity contribution in [3.8, 4) is 0 Å². The molecule has 0 saturated heterocycles. The van der Waals surface area contributed by atoms with Crippen molar-refractivity contribution in [1.82, 2.24) is 4.98 Å². The predicted molar refractivity (Wildman–Crippen MR) is 77.1 cm³/mol. The zero-order valence-corrected chi connectivity index (χ0v) is 12.2. The molecule has 0 aliphatic heterocycles. The van der Waals surface area contributed by atoms with Crippen LogP contribution in [0.3, 0.4) is 0 Å². The first kappa shape index (κ1) is 15.1. The maximum absolute atomic E-state index is 11.9. The lowest BCUT2D eigenvalue weighted by molar-refractivity contribution is 0.0526. The third-order valence-corrected chi connectivity index (χ3v) is 3.63. The van der Waals surface area contributed by atoms with Crippen LogP contribution in [0.15, 0.2) is 12.3 Å². The number of halogens is 1. The highest BCUT2D eigenvalue weighted by Gasteiger charge is 2.22. The number of nitrogens with zero attached hydrogens (tertiary/aromatic N) is 1. The first-order valence-electron chi connectivity index (χ1n) is 6.87. The largest absolute Gasteiger partial charge is 0.462 e. The zero-order valence-electron chi connectivity index (χ0n) is 11.4. The van der Waals surface area contributed by atoms with Crippen LogP contribution in [0.1, 0.15) is 43.0 Å². The molecule has 1 aromatic heterocycles. The number of rotatable bonds is 4. The summed E-state index contributed by atoms with van der Waals surface area (Å²) in [5.74, 6) is -0.407. The monoisotopic (exact) mass is 298 g/mol. The van der Waals surface area contributed by atoms with E-state index in [9.17, 15) is 9.90 Å². The summed E-state index contributed by atoms with van der Waals surface area (Å²) >= 11 is 5.90. The van der Waals surface area contributed by atoms with Gasteiger partial charge in [0.15, 0.2) is 0 Å². The van der Waals surface area contributed by atoms with E-state index < -0.39 is 5.97 Å². The Morgan fingerprint density at radius 1 is 1.50 bits per heavy atom. The lowest BCUT2D eigenvalue weighted by Crippen LogP contribution is -2.29. The molecule has 2 rings (SSSR count). The van der Waals surface area contributed by atoms with Gasteiger partial charge in [-0.2, -0.15) is 0 Å². The number of ether oxygens (including phenoxy) is 1. The molecule has 0 amide bonds. The second kappa shape index (κ2) is 6.90. The normalized spacial score (nSPS) is 22.4. The molecular weight excluding hydrogens is 280 g/mol. The molecule has 1 fully saturated rings. The van der Waals surface area contributed by atoms with Crippen molar-refractivity contribution in [3.05, 3.63) is 23.0 Å². The standard InChI is InChI=1S/C14H19ClN2O3/c1-2-20-14(19)11-8-16-13(15)7-12(11)17-9-3-5-10(18)6-4-9/h7-10,18H,2-6H2,1H3,(H,16,17)/t9-,10-. The van der Waals surface area contributed by atoms with E-state index in [1.54, 1.807) is 13.0 Å². The Hall–Kier alpha value is -1.33. The number of esters is 1. The molecule has 110 valence electrons. The molecule has 1 aliphatic rings. The van der Waals surface area contributed by atoms with Crippen LogP contribution in [0.2, 0.25) is 5.15 Å². The summed E-state index contributed by atoms with van der Waals surface area (Å²) in [6.45, 7) is 2.08. The number of anilines is 1. The van der Waals surface area contributed by atoms with Crippen LogP contribution in [0.25, 0.3) is 0 Å². The SMILES string of the molecule is CCOC(=O)c1cnc(Cl)cc1N[C@H]1CC[C@H](O)CC1. The van der Waals surface area contributed by atoms with Crippen LogP contribution in [0.4, 0.5) is 5.69 Å². The molecule has 0 atom stereocenters. The lowest BCUT2D eigenvalue weighted by Gasteiger charge is -2.27. The van der Waals surface area contributed by atoms with Gasteiger partial charge >= 0.3 is 5.97 Å². The molecule has 20 heavy (non-hydrogen) atoms. The average molecular weight is 299 g/mol. The number of carbonyl (C=O) groups is 1. The zero-order chi connectivity index (χ0) is 14.5. The van der Waals surface area contributed by atoms with E-state index in [0.29, 0.717) is 23.0 Å². The summed E-state index contributed by atoms with van der Waals surface area (Å²) in [5.41, 5.74) is 1.03. The fourth-order valence-electron chi connectivity index (χ4n) is 2.36. The highest BCUT2D eigenvalue weighted by molar-refractivity contribution is 6.29. The van der Waals surface area contributed by atoms with Gasteiger partial charge in [0.1, 0.15) is 10.7 Å². The summed E-state index contributed by atoms with van der Waals surface area (Å²) in [4.78, 5) is 15.8. The molecule has 0 aromatic carbocycles. The molecule has 1 heterocycles. The third-order valence-electron chi connectivity index (χ3n) is 3.42. The molecule has 1 aromatic rings. The molecule has 0 spiro atoms. The van der Waals surface area contributed by atoms with E-state index in [4.69, 9.17) is 16.3 Å². The van der Waals surface area contributed by atoms with Gasteiger partial charge in [0, 0.05) is 12.2 Å². The van der Waals surface area contributed by atoms with Crippen LogP contribution in [-0.2, 0) is 4.74 Å². The number of hydrogen-bond donors (Lipinski definition) is 2. The van der Waals surface area contributed by atoms with Gasteiger partial charge in [-0.15, -0.1) is 0 Å². The Morgan fingerprint density at radius 2 is 2.20 bits per heavy atom. The molecule has 5 nitrogen and oxygen atoms in total. The molecule has 0 bridgehead atoms. The van der Waals surface area contributed by atoms with Crippen molar-refractivity contribution >= 4 is 23.3 Å². The summed E-state index contributed by atoms with van der Waals surface area (Å²) in [7, 11) is 0. The molecule has 6 heteroatoms. The molecule has 2 N–H and O–H groups in total. The molecule has 1 aliphatic carbocycles. The minimum atomic E-state index is -0.407. The van der Waals surface area contributed by atoms with Gasteiger partial charge in [0.25, 0.3) is 0 Å². The lowest BCUT2D eigenvalue weighted by atomic mass is 9.93. The number of pyridine rings is 1. The predicted octanol–water partition coefficient (Wildman–Crippen LogP) is 2.63. The van der Waals surface area contributed by atoms with Gasteiger partial charge in [-0.1, -0.05) is 11.6 Å². The Balaban J connectivity index is 2.12. The van der Waals surface area contributed by atoms with Gasteiger partial charge in [-0.3, -0.25) is 0 Å². The number of aromatic nitrogens is 1. The highest BCUT2D eigenvalue weighted by Crippen LogP contribution is 2.26. The van der Waals surface area contributed by atoms with Gasteiger partial charge < -0.3 is 15.2 Å². The van der Waals surface area contributed by atoms with Gasteiger partial charge in [-0.05, 0) is 38.7 Å². The quantitative estimate of drug-likeness (QED) is 0.660. The van der Waals surface area contributed by atoms with Gasteiger partial charge in [0.2, 0.25) is 0 Å². The van der Waals surface area contributed by atoms with E-state index >= 15 is 0 Å². The van der Waals surface area contributed by atoms with E-state index in [1.165, 1.54) is 6.20 Å². The Morgan fingerprint density at radius 3 is 2.85 bits per heavy atom. The maximum Gasteiger partial charge on any atom is 0.341 e. The van der Waals surface area contributed by atoms with E-state index in [-0.39, 0.29) is 12.1 Å². The first-order chi connectivity index (χ1) is 9.60. The van der Waals surface area contributed by atoms with Crippen LogP contribution >= 0.6 is 11.6 Å². The van der Waals surface area contributed by atoms with Crippen molar-refractivity contribution < 1.29 is 14.6 Å². The van der Waals surface area contributed by atoms with Crippen molar-refractivity contribution in [2.24, 2.45) is 0 Å². The van der Waals surface area contributed by atoms with Gasteiger partial charge in [0.05, 0.1) is 18.4 Å². The summed E-state index contributed by atoms with van der Waals surface area (Å²) < 4.78 is 5.01. The van der Waals surface area contributed by atoms with Crippen molar-refractivity contribution in [1.29, 1.82) is 0 Å². The van der Waals surface area contributed by atoms with E-state index in [0.717, 1.165) is 25.7 Å². The second-order valence-electron chi connectivity index (χ2n) is 4.92. The molecule has 0 unspecified atom stereocenters. The molecular formula is C14H19ClN2O3. The topological polar surface area (TPSA) is 71.5 Å². The fourth-order valence-corrected chi connectivity index (χ4v) is 2.52. The Bertz CT molecular complexity index is 473. The first-order valence-corrected chi connectivity index (χ1v) is 7.25. The van der Waals surface area contributed by atoms with Crippen molar-refractivity contribution in [3.63, 3.8) is 0 Å². The Kier molecular flexibility index (Phi) is 5.20. The molecule has 1 saturated carbocycles. The van der Waals surface area contributed by atoms with Crippen LogP contribution < -0.4 is 5.32 Å². The smallest absolute Gasteiger partial charge is 0.341 e. The van der Waals surface area contributed by atoms with Crippen LogP contribution in [0, 0.1) is 0 Å². The number of aliphatic hydroxyl groups excluding tert-OH is 1. The fraction of sp³-hybridized carbons (Fsp3) is 0.571. The Labute approximate surface area is 123 Å². The number of carbonyl (C=O) groups excluding carboxylic acids is 1. The van der Waals surface area contributed by atoms with E-state index in [1.807, 2.05) is 0 Å². The average Bonchev–Trinajstić information content (AvgIpc) is 2.42. The number of aliphatic hydroxyl groups is 1. The maximum atomic E-state index is 11.9. The summed E-state index contributed by atoms with van der Waals surface area (Å²) in [5, 5.41) is 13.2. The van der Waals surface area contributed by atoms with Crippen molar-refractivity contribution in [2.45, 2.75) is 44.8 Å². The summed E-state index contributed by atoms with van der Waals surface area (Å²) in [6.07, 6.45) is 4.49. The second-order valence-corrected chi connectivity index (χ2v) is 5.31. The number of nitrogens with one attached hydrogen (secondary N) is 1. The minimum Gasteiger partial charge on any atom is -0.462 e. The molecule has 0 radical (unpaired) electrons. The third kappa shape index (κ3) is 3.84. The van der Waals surface area contributed by atoms with Gasteiger partial charge in [-0.25, -0.2) is 9.78 Å². The number of hydrogen-bond acceptors (Lipinski definition) is 5. The minimum absolute atomic E-state index is 0.210.